The van der Waals surface area contributed by atoms with Gasteiger partial charge in [0.15, 0.2) is 0 Å². The van der Waals surface area contributed by atoms with Crippen molar-refractivity contribution in [1.29, 1.82) is 0 Å². The molecule has 0 aromatic heterocycles. The van der Waals surface area contributed by atoms with Crippen LogP contribution >= 0.6 is 0 Å². The van der Waals surface area contributed by atoms with E-state index >= 15 is 0 Å². The Kier molecular flexibility index (Phi) is 8.55. The lowest BCUT2D eigenvalue weighted by Gasteiger charge is -2.39. The average molecular weight is 585 g/mol. The smallest absolute Gasteiger partial charge is 0.139 e. The summed E-state index contributed by atoms with van der Waals surface area (Å²) < 4.78 is 0.968. The third kappa shape index (κ3) is 5.23. The van der Waals surface area contributed by atoms with E-state index in [1.807, 2.05) is 12.3 Å². The van der Waals surface area contributed by atoms with E-state index in [-0.39, 0.29) is 24.0 Å². The summed E-state index contributed by atoms with van der Waals surface area (Å²) in [6, 6.07) is 37.0. The van der Waals surface area contributed by atoms with Crippen molar-refractivity contribution in [2.45, 2.75) is 26.3 Å². The van der Waals surface area contributed by atoms with Gasteiger partial charge in [-0.15, -0.1) is 0 Å². The lowest BCUT2D eigenvalue weighted by molar-refractivity contribution is -0.00000687. The highest BCUT2D eigenvalue weighted by Crippen LogP contribution is 2.49. The molecule has 0 fully saturated rings. The van der Waals surface area contributed by atoms with E-state index in [0.717, 1.165) is 35.2 Å². The van der Waals surface area contributed by atoms with Crippen LogP contribution in [0.25, 0.3) is 12.2 Å². The summed E-state index contributed by atoms with van der Waals surface area (Å²) in [6.45, 7) is 6.77. The van der Waals surface area contributed by atoms with Crippen LogP contribution in [0.2, 0.25) is 0 Å². The van der Waals surface area contributed by atoms with E-state index < -0.39 is 0 Å². The molecule has 1 aliphatic rings. The van der Waals surface area contributed by atoms with Crippen molar-refractivity contribution < 1.29 is 24.0 Å². The van der Waals surface area contributed by atoms with Crippen LogP contribution in [0, 0.1) is 0 Å². The second-order valence-corrected chi connectivity index (χ2v) is 9.25. The largest absolute Gasteiger partial charge is 1.00 e. The highest BCUT2D eigenvalue weighted by Gasteiger charge is 2.45. The van der Waals surface area contributed by atoms with Crippen molar-refractivity contribution in [3.8, 4) is 0 Å². The van der Waals surface area contributed by atoms with Gasteiger partial charge in [0, 0.05) is 35.4 Å². The number of fused-ring (bicyclic) bond motifs is 1. The van der Waals surface area contributed by atoms with Gasteiger partial charge in [-0.25, -0.2) is 0 Å². The number of halogens is 1. The lowest BCUT2D eigenvalue weighted by atomic mass is 10.00. The number of rotatable bonds is 7. The van der Waals surface area contributed by atoms with Gasteiger partial charge in [-0.3, -0.25) is 9.48 Å². The van der Waals surface area contributed by atoms with Crippen LogP contribution in [0.3, 0.4) is 0 Å². The normalized spacial score (nSPS) is 16.2. The van der Waals surface area contributed by atoms with E-state index in [2.05, 4.69) is 123 Å². The summed E-state index contributed by atoms with van der Waals surface area (Å²) in [5, 5.41) is 0. The highest BCUT2D eigenvalue weighted by atomic mass is 127. The minimum Gasteiger partial charge on any atom is -1.00 e. The van der Waals surface area contributed by atoms with Crippen molar-refractivity contribution in [3.05, 3.63) is 131 Å². The molecule has 5 rings (SSSR count). The average Bonchev–Trinajstić information content (AvgIpc) is 3.25. The molecule has 0 aliphatic carbocycles. The van der Waals surface area contributed by atoms with E-state index in [9.17, 15) is 0 Å². The summed E-state index contributed by atoms with van der Waals surface area (Å²) in [5.41, 5.74) is 8.77. The summed E-state index contributed by atoms with van der Waals surface area (Å²) in [7, 11) is 0. The fraction of sp³-hybridized carbons (Fsp3) is 0.182. The van der Waals surface area contributed by atoms with Gasteiger partial charge >= 0.3 is 0 Å². The van der Waals surface area contributed by atoms with E-state index in [4.69, 9.17) is 4.99 Å². The Morgan fingerprint density at radius 2 is 1.33 bits per heavy atom. The first-order valence-corrected chi connectivity index (χ1v) is 12.6. The zero-order valence-electron chi connectivity index (χ0n) is 21.0. The van der Waals surface area contributed by atoms with Gasteiger partial charge in [0.25, 0.3) is 0 Å². The minimum atomic E-state index is 0. The Bertz CT molecular complexity index is 1320. The first-order chi connectivity index (χ1) is 17.2. The van der Waals surface area contributed by atoms with Crippen LogP contribution in [-0.4, -0.2) is 19.3 Å². The zero-order valence-corrected chi connectivity index (χ0v) is 23.2. The molecule has 1 unspecified atom stereocenters. The minimum absolute atomic E-state index is 0. The first-order valence-electron chi connectivity index (χ1n) is 12.6. The number of hydrogen-bond acceptors (Lipinski definition) is 1. The van der Waals surface area contributed by atoms with Crippen molar-refractivity contribution in [3.63, 3.8) is 0 Å². The number of benzene rings is 4. The van der Waals surface area contributed by atoms with Gasteiger partial charge < -0.3 is 24.0 Å². The lowest BCUT2D eigenvalue weighted by Crippen LogP contribution is -3.00. The number of nitrogens with zero attached hydrogens (tertiary/aromatic N) is 2. The molecule has 1 aliphatic heterocycles. The molecule has 0 saturated carbocycles. The van der Waals surface area contributed by atoms with Crippen molar-refractivity contribution in [1.82, 2.24) is 4.48 Å². The molecule has 0 radical (unpaired) electrons. The molecule has 4 aromatic carbocycles. The second-order valence-electron chi connectivity index (χ2n) is 9.25. The standard InChI is InChI=1S/C33H33N2.HI/c1-3-35(4-2)32(28-18-12-7-13-19-28)23-30-22-29(21-20-26-14-8-5-9-15-26)31(24-33(30)35)34-25-27-16-10-6-11-17-27;/h5-22,24-25,32H,3-4,23H2,1-2H3;1H/q+1;/p-1/b21-20+,34-25?;. The number of quaternary nitrogens is 1. The summed E-state index contributed by atoms with van der Waals surface area (Å²) >= 11 is 0. The predicted octanol–water partition coefficient (Wildman–Crippen LogP) is 5.26. The second kappa shape index (κ2) is 11.8. The van der Waals surface area contributed by atoms with Crippen molar-refractivity contribution in [2.75, 3.05) is 13.1 Å². The number of hydrogen-bond donors (Lipinski definition) is 0. The Hall–Kier alpha value is -3.02. The zero-order chi connectivity index (χ0) is 24.1. The molecule has 0 saturated heterocycles. The molecule has 0 amide bonds. The maximum absolute atomic E-state index is 5.01. The first kappa shape index (κ1) is 26.1. The Morgan fingerprint density at radius 3 is 1.94 bits per heavy atom. The molecule has 0 bridgehead atoms. The van der Waals surface area contributed by atoms with Crippen molar-refractivity contribution >= 4 is 29.7 Å². The molecule has 3 heteroatoms. The quantitative estimate of drug-likeness (QED) is 0.122. The third-order valence-corrected chi connectivity index (χ3v) is 7.44. The molecule has 1 heterocycles. The SMILES string of the molecule is CC[N+]1(CC)c2cc(N=Cc3ccccc3)c(/C=C/c3ccccc3)cc2CC1c1ccccc1.[I-]. The fourth-order valence-electron chi connectivity index (χ4n) is 5.53. The van der Waals surface area contributed by atoms with Crippen LogP contribution in [0.1, 0.15) is 47.7 Å². The van der Waals surface area contributed by atoms with Crippen LogP contribution in [0.5, 0.6) is 0 Å². The molecule has 0 spiro atoms. The number of aliphatic imine (C=N–C) groups is 1. The van der Waals surface area contributed by atoms with Crippen molar-refractivity contribution in [2.24, 2.45) is 4.99 Å². The van der Waals surface area contributed by atoms with E-state index in [1.165, 1.54) is 27.9 Å². The molecular formula is C33H33IN2. The van der Waals surface area contributed by atoms with Gasteiger partial charge in [0.2, 0.25) is 0 Å². The maximum atomic E-state index is 5.01. The topological polar surface area (TPSA) is 12.4 Å². The number of likely N-dealkylation sites (N-methyl/N-ethyl adjacent to an activating group) is 1. The van der Waals surface area contributed by atoms with Gasteiger partial charge in [-0.1, -0.05) is 103 Å². The Labute approximate surface area is 232 Å². The molecule has 4 aromatic rings. The monoisotopic (exact) mass is 584 g/mol. The maximum Gasteiger partial charge on any atom is 0.139 e. The molecule has 1 atom stereocenters. The third-order valence-electron chi connectivity index (χ3n) is 7.44. The molecule has 2 nitrogen and oxygen atoms in total. The Balaban J connectivity index is 0.00000304. The van der Waals surface area contributed by atoms with E-state index in [0.29, 0.717) is 6.04 Å². The molecular weight excluding hydrogens is 551 g/mol. The van der Waals surface area contributed by atoms with Gasteiger partial charge in [-0.2, -0.15) is 0 Å². The molecule has 0 N–H and O–H groups in total. The summed E-state index contributed by atoms with van der Waals surface area (Å²) in [6.07, 6.45) is 7.44. The Morgan fingerprint density at radius 1 is 0.750 bits per heavy atom. The van der Waals surface area contributed by atoms with Crippen LogP contribution in [0.15, 0.2) is 108 Å². The highest BCUT2D eigenvalue weighted by molar-refractivity contribution is 5.86. The van der Waals surface area contributed by atoms with Crippen LogP contribution in [-0.2, 0) is 6.42 Å². The fourth-order valence-corrected chi connectivity index (χ4v) is 5.53. The molecule has 36 heavy (non-hydrogen) atoms. The van der Waals surface area contributed by atoms with Gasteiger partial charge in [-0.05, 0) is 31.0 Å². The molecule has 182 valence electrons. The van der Waals surface area contributed by atoms with Crippen LogP contribution < -0.4 is 28.5 Å². The van der Waals surface area contributed by atoms with Gasteiger partial charge in [0.1, 0.15) is 11.7 Å². The summed E-state index contributed by atoms with van der Waals surface area (Å²) in [5.74, 6) is 0. The van der Waals surface area contributed by atoms with Gasteiger partial charge in [0.05, 0.1) is 18.8 Å². The van der Waals surface area contributed by atoms with Crippen LogP contribution in [0.4, 0.5) is 11.4 Å². The van der Waals surface area contributed by atoms with E-state index in [1.54, 1.807) is 0 Å². The summed E-state index contributed by atoms with van der Waals surface area (Å²) in [4.78, 5) is 5.01. The predicted molar refractivity (Wildman–Crippen MR) is 151 cm³/mol.